The number of hydrogen-bond acceptors (Lipinski definition) is 5. The number of ether oxygens (including phenoxy) is 1. The zero-order chi connectivity index (χ0) is 21.2. The van der Waals surface area contributed by atoms with Crippen LogP contribution in [-0.4, -0.2) is 27.2 Å². The normalized spacial score (nSPS) is 11.2. The highest BCUT2D eigenvalue weighted by atomic mass is 35.5. The number of rotatable bonds is 3. The van der Waals surface area contributed by atoms with Crippen LogP contribution in [0.5, 0.6) is 0 Å². The first-order chi connectivity index (χ1) is 13.6. The fraction of sp³-hybridized carbons (Fsp3) is 0.190. The molecule has 8 heteroatoms. The number of aromatic nitrogens is 2. The van der Waals surface area contributed by atoms with Crippen LogP contribution in [0.2, 0.25) is 5.02 Å². The third kappa shape index (κ3) is 4.94. The minimum Gasteiger partial charge on any atom is -0.443 e. The Bertz CT molecular complexity index is 1050. The van der Waals surface area contributed by atoms with Gasteiger partial charge in [0.25, 0.3) is 5.91 Å². The van der Waals surface area contributed by atoms with Gasteiger partial charge in [-0.3, -0.25) is 9.36 Å². The van der Waals surface area contributed by atoms with Gasteiger partial charge in [-0.2, -0.15) is 0 Å². The largest absolute Gasteiger partial charge is 0.443 e. The number of carbonyl (C=O) groups is 2. The monoisotopic (exact) mass is 412 g/mol. The maximum Gasteiger partial charge on any atom is 0.418 e. The lowest BCUT2D eigenvalue weighted by atomic mass is 10.2. The van der Waals surface area contributed by atoms with Crippen LogP contribution in [0.25, 0.3) is 11.3 Å². The number of nitrogens with two attached hydrogens (primary N) is 1. The molecule has 0 spiro atoms. The Morgan fingerprint density at radius 2 is 1.79 bits per heavy atom. The number of amides is 1. The summed E-state index contributed by atoms with van der Waals surface area (Å²) < 4.78 is 6.78. The number of hydrogen-bond donors (Lipinski definition) is 2. The van der Waals surface area contributed by atoms with Crippen LogP contribution in [-0.2, 0) is 4.74 Å². The van der Waals surface area contributed by atoms with Crippen LogP contribution in [0.3, 0.4) is 0 Å². The molecular formula is C21H21ClN4O3. The van der Waals surface area contributed by atoms with Crippen LogP contribution in [0.4, 0.5) is 16.4 Å². The van der Waals surface area contributed by atoms with Gasteiger partial charge in [-0.05, 0) is 69.3 Å². The molecule has 0 unspecified atom stereocenters. The molecule has 3 N–H and O–H groups in total. The molecule has 0 saturated heterocycles. The molecule has 0 aliphatic heterocycles. The van der Waals surface area contributed by atoms with E-state index in [2.05, 4.69) is 10.3 Å². The molecule has 0 saturated carbocycles. The standard InChI is InChI=1S/C21H21ClN4O3/c1-21(2,3)29-20(28)26-12-4-5-16(26)15-10-11-17(24-18(15)23)25-19(27)13-6-8-14(22)9-7-13/h4-12H,1-3H3,(H3,23,24,25,27). The molecule has 7 nitrogen and oxygen atoms in total. The highest BCUT2D eigenvalue weighted by Crippen LogP contribution is 2.27. The van der Waals surface area contributed by atoms with E-state index in [1.165, 1.54) is 4.57 Å². The van der Waals surface area contributed by atoms with Gasteiger partial charge in [-0.25, -0.2) is 9.78 Å². The minimum atomic E-state index is -0.627. The van der Waals surface area contributed by atoms with Crippen molar-refractivity contribution in [3.63, 3.8) is 0 Å². The molecule has 2 aromatic heterocycles. The summed E-state index contributed by atoms with van der Waals surface area (Å²) in [6, 6.07) is 13.3. The molecule has 0 aliphatic carbocycles. The number of anilines is 2. The van der Waals surface area contributed by atoms with Crippen molar-refractivity contribution in [2.24, 2.45) is 0 Å². The SMILES string of the molecule is CC(C)(C)OC(=O)n1cccc1-c1ccc(NC(=O)c2ccc(Cl)cc2)nc1N. The summed E-state index contributed by atoms with van der Waals surface area (Å²) in [5, 5.41) is 3.23. The van der Waals surface area contributed by atoms with Crippen LogP contribution in [0.15, 0.2) is 54.7 Å². The number of carbonyl (C=O) groups excluding carboxylic acids is 2. The number of nitrogens with zero attached hydrogens (tertiary/aromatic N) is 2. The Morgan fingerprint density at radius 3 is 2.41 bits per heavy atom. The van der Waals surface area contributed by atoms with E-state index in [4.69, 9.17) is 22.1 Å². The van der Waals surface area contributed by atoms with Crippen molar-refractivity contribution in [1.29, 1.82) is 0 Å². The second kappa shape index (κ2) is 7.97. The Kier molecular flexibility index (Phi) is 5.61. The van der Waals surface area contributed by atoms with E-state index in [0.717, 1.165) is 0 Å². The van der Waals surface area contributed by atoms with Gasteiger partial charge in [0, 0.05) is 22.3 Å². The van der Waals surface area contributed by atoms with E-state index in [1.807, 2.05) is 0 Å². The molecule has 0 aliphatic rings. The number of halogens is 1. The topological polar surface area (TPSA) is 99.2 Å². The zero-order valence-corrected chi connectivity index (χ0v) is 17.0. The van der Waals surface area contributed by atoms with E-state index in [0.29, 0.717) is 27.7 Å². The third-order valence-corrected chi connectivity index (χ3v) is 4.14. The first-order valence-electron chi connectivity index (χ1n) is 8.88. The van der Waals surface area contributed by atoms with Crippen LogP contribution < -0.4 is 11.1 Å². The second-order valence-electron chi connectivity index (χ2n) is 7.33. The maximum atomic E-state index is 12.4. The maximum absolute atomic E-state index is 12.4. The van der Waals surface area contributed by atoms with Crippen molar-refractivity contribution in [2.75, 3.05) is 11.1 Å². The minimum absolute atomic E-state index is 0.169. The molecule has 3 rings (SSSR count). The molecule has 0 fully saturated rings. The van der Waals surface area contributed by atoms with E-state index < -0.39 is 11.7 Å². The molecule has 29 heavy (non-hydrogen) atoms. The summed E-state index contributed by atoms with van der Waals surface area (Å²) in [5.41, 5.74) is 7.00. The van der Waals surface area contributed by atoms with Gasteiger partial charge in [0.05, 0.1) is 5.69 Å². The summed E-state index contributed by atoms with van der Waals surface area (Å²) in [4.78, 5) is 29.0. The van der Waals surface area contributed by atoms with Crippen molar-refractivity contribution in [2.45, 2.75) is 26.4 Å². The molecule has 0 bridgehead atoms. The van der Waals surface area contributed by atoms with E-state index >= 15 is 0 Å². The Labute approximate surface area is 173 Å². The average Bonchev–Trinajstić information content (AvgIpc) is 3.10. The highest BCUT2D eigenvalue weighted by molar-refractivity contribution is 6.30. The fourth-order valence-corrected chi connectivity index (χ4v) is 2.75. The predicted octanol–water partition coefficient (Wildman–Crippen LogP) is 4.82. The average molecular weight is 413 g/mol. The van der Waals surface area contributed by atoms with Gasteiger partial charge in [0.2, 0.25) is 0 Å². The summed E-state index contributed by atoms with van der Waals surface area (Å²) >= 11 is 5.84. The molecule has 1 amide bonds. The first kappa shape index (κ1) is 20.4. The number of benzene rings is 1. The molecule has 150 valence electrons. The Hall–Kier alpha value is -3.32. The number of nitrogens with one attached hydrogen (secondary N) is 1. The molecule has 2 heterocycles. The summed E-state index contributed by atoms with van der Waals surface area (Å²) in [6.45, 7) is 5.38. The van der Waals surface area contributed by atoms with Gasteiger partial charge in [0.15, 0.2) is 0 Å². The van der Waals surface area contributed by atoms with Crippen molar-refractivity contribution in [3.8, 4) is 11.3 Å². The third-order valence-electron chi connectivity index (χ3n) is 3.89. The Morgan fingerprint density at radius 1 is 1.10 bits per heavy atom. The highest BCUT2D eigenvalue weighted by Gasteiger charge is 2.21. The van der Waals surface area contributed by atoms with Crippen LogP contribution in [0.1, 0.15) is 31.1 Å². The number of pyridine rings is 1. The van der Waals surface area contributed by atoms with Gasteiger partial charge in [-0.15, -0.1) is 0 Å². The van der Waals surface area contributed by atoms with Crippen molar-refractivity contribution in [3.05, 3.63) is 65.3 Å². The predicted molar refractivity (Wildman–Crippen MR) is 113 cm³/mol. The van der Waals surface area contributed by atoms with Gasteiger partial charge in [0.1, 0.15) is 17.2 Å². The Balaban J connectivity index is 1.82. The van der Waals surface area contributed by atoms with Gasteiger partial charge < -0.3 is 15.8 Å². The summed E-state index contributed by atoms with van der Waals surface area (Å²) in [7, 11) is 0. The summed E-state index contributed by atoms with van der Waals surface area (Å²) in [5.74, 6) is 0.127. The number of nitrogen functional groups attached to an aromatic ring is 1. The van der Waals surface area contributed by atoms with E-state index in [1.54, 1.807) is 75.5 Å². The van der Waals surface area contributed by atoms with Crippen molar-refractivity contribution in [1.82, 2.24) is 9.55 Å². The molecule has 0 radical (unpaired) electrons. The fourth-order valence-electron chi connectivity index (χ4n) is 2.62. The molecule has 3 aromatic rings. The molecule has 0 atom stereocenters. The quantitative estimate of drug-likeness (QED) is 0.642. The first-order valence-corrected chi connectivity index (χ1v) is 9.26. The van der Waals surface area contributed by atoms with Crippen molar-refractivity contribution < 1.29 is 14.3 Å². The van der Waals surface area contributed by atoms with Gasteiger partial charge in [-0.1, -0.05) is 11.6 Å². The van der Waals surface area contributed by atoms with Crippen LogP contribution >= 0.6 is 11.6 Å². The summed E-state index contributed by atoms with van der Waals surface area (Å²) in [6.07, 6.45) is 1.08. The lowest BCUT2D eigenvalue weighted by Gasteiger charge is -2.20. The van der Waals surface area contributed by atoms with Gasteiger partial charge >= 0.3 is 6.09 Å². The lowest BCUT2D eigenvalue weighted by molar-refractivity contribution is 0.0540. The second-order valence-corrected chi connectivity index (χ2v) is 7.77. The van der Waals surface area contributed by atoms with Crippen molar-refractivity contribution >= 4 is 35.2 Å². The molecular weight excluding hydrogens is 392 g/mol. The zero-order valence-electron chi connectivity index (χ0n) is 16.3. The van der Waals surface area contributed by atoms with E-state index in [-0.39, 0.29) is 11.7 Å². The smallest absolute Gasteiger partial charge is 0.418 e. The lowest BCUT2D eigenvalue weighted by Crippen LogP contribution is -2.27. The van der Waals surface area contributed by atoms with Crippen LogP contribution in [0, 0.1) is 0 Å². The van der Waals surface area contributed by atoms with E-state index in [9.17, 15) is 9.59 Å². The molecule has 1 aromatic carbocycles.